The minimum atomic E-state index is -0.447. The third-order valence-corrected chi connectivity index (χ3v) is 3.54. The van der Waals surface area contributed by atoms with Crippen molar-refractivity contribution < 1.29 is 14.3 Å². The highest BCUT2D eigenvalue weighted by Gasteiger charge is 2.16. The van der Waals surface area contributed by atoms with Crippen LogP contribution >= 0.6 is 0 Å². The number of carbonyl (C=O) groups is 2. The number of amides is 2. The Labute approximate surface area is 151 Å². The Hall–Kier alpha value is -3.60. The number of aromatic nitrogens is 1. The molecule has 0 spiro atoms. The molecular formula is C18H19N5O3. The van der Waals surface area contributed by atoms with Crippen LogP contribution in [0.1, 0.15) is 38.9 Å². The summed E-state index contributed by atoms with van der Waals surface area (Å²) in [6, 6.07) is 10.1. The molecule has 1 heterocycles. The Morgan fingerprint density at radius 3 is 2.54 bits per heavy atom. The van der Waals surface area contributed by atoms with Gasteiger partial charge in [-0.2, -0.15) is 5.26 Å². The first kappa shape index (κ1) is 18.7. The molecule has 134 valence electrons. The number of ether oxygens (including phenoxy) is 1. The van der Waals surface area contributed by atoms with Crippen LogP contribution in [-0.2, 0) is 6.54 Å². The summed E-state index contributed by atoms with van der Waals surface area (Å²) in [5, 5.41) is 14.4. The molecule has 0 aliphatic rings. The average molecular weight is 353 g/mol. The summed E-state index contributed by atoms with van der Waals surface area (Å²) in [5.74, 6) is -0.589. The number of hydrogen-bond acceptors (Lipinski definition) is 6. The lowest BCUT2D eigenvalue weighted by Gasteiger charge is -2.10. The molecule has 8 nitrogen and oxygen atoms in total. The van der Waals surface area contributed by atoms with E-state index in [2.05, 4.69) is 15.6 Å². The summed E-state index contributed by atoms with van der Waals surface area (Å²) < 4.78 is 5.28. The van der Waals surface area contributed by atoms with Crippen molar-refractivity contribution in [1.29, 1.82) is 5.26 Å². The zero-order valence-electron chi connectivity index (χ0n) is 14.5. The van der Waals surface area contributed by atoms with Crippen molar-refractivity contribution in [2.75, 3.05) is 19.4 Å². The highest BCUT2D eigenvalue weighted by atomic mass is 16.5. The van der Waals surface area contributed by atoms with E-state index in [1.54, 1.807) is 38.2 Å². The van der Waals surface area contributed by atoms with Crippen molar-refractivity contribution in [3.8, 4) is 11.9 Å². The van der Waals surface area contributed by atoms with Gasteiger partial charge in [0.25, 0.3) is 11.8 Å². The van der Waals surface area contributed by atoms with E-state index in [-0.39, 0.29) is 35.3 Å². The summed E-state index contributed by atoms with van der Waals surface area (Å²) in [5.41, 5.74) is 7.45. The number of nitrogens with one attached hydrogen (secondary N) is 2. The number of benzene rings is 1. The molecule has 2 aromatic rings. The summed E-state index contributed by atoms with van der Waals surface area (Å²) in [4.78, 5) is 27.9. The Morgan fingerprint density at radius 1 is 1.27 bits per heavy atom. The second-order valence-corrected chi connectivity index (χ2v) is 5.28. The summed E-state index contributed by atoms with van der Waals surface area (Å²) >= 11 is 0. The van der Waals surface area contributed by atoms with Crippen LogP contribution in [0.25, 0.3) is 0 Å². The highest BCUT2D eigenvalue weighted by Crippen LogP contribution is 2.22. The molecule has 2 rings (SSSR count). The topological polar surface area (TPSA) is 130 Å². The molecule has 8 heteroatoms. The number of rotatable bonds is 6. The number of pyridine rings is 1. The van der Waals surface area contributed by atoms with E-state index >= 15 is 0 Å². The molecule has 0 radical (unpaired) electrons. The molecule has 0 saturated heterocycles. The minimum absolute atomic E-state index is 0.0371. The van der Waals surface area contributed by atoms with E-state index in [9.17, 15) is 9.59 Å². The number of nitriles is 1. The number of anilines is 1. The summed E-state index contributed by atoms with van der Waals surface area (Å²) in [6.45, 7) is 2.29. The zero-order valence-corrected chi connectivity index (χ0v) is 14.5. The van der Waals surface area contributed by atoms with E-state index in [1.165, 1.54) is 6.07 Å². The Bertz CT molecular complexity index is 856. The number of nitrogens with two attached hydrogens (primary N) is 1. The highest BCUT2D eigenvalue weighted by molar-refractivity contribution is 5.94. The van der Waals surface area contributed by atoms with E-state index < -0.39 is 5.91 Å². The van der Waals surface area contributed by atoms with Crippen molar-refractivity contribution in [1.82, 2.24) is 15.6 Å². The van der Waals surface area contributed by atoms with Gasteiger partial charge in [0.15, 0.2) is 0 Å². The molecule has 4 N–H and O–H groups in total. The van der Waals surface area contributed by atoms with E-state index in [0.717, 1.165) is 5.56 Å². The minimum Gasteiger partial charge on any atom is -0.477 e. The van der Waals surface area contributed by atoms with Crippen LogP contribution in [0.5, 0.6) is 5.88 Å². The Morgan fingerprint density at radius 2 is 1.96 bits per heavy atom. The lowest BCUT2D eigenvalue weighted by molar-refractivity contribution is 0.0941. The zero-order chi connectivity index (χ0) is 19.1. The molecule has 0 fully saturated rings. The molecule has 0 bridgehead atoms. The van der Waals surface area contributed by atoms with Crippen molar-refractivity contribution in [3.63, 3.8) is 0 Å². The predicted molar refractivity (Wildman–Crippen MR) is 95.5 cm³/mol. The van der Waals surface area contributed by atoms with Crippen molar-refractivity contribution in [2.45, 2.75) is 13.5 Å². The molecular weight excluding hydrogens is 334 g/mol. The van der Waals surface area contributed by atoms with Gasteiger partial charge in [0.1, 0.15) is 17.3 Å². The van der Waals surface area contributed by atoms with Crippen LogP contribution in [0.3, 0.4) is 0 Å². The normalized spacial score (nSPS) is 9.88. The van der Waals surface area contributed by atoms with Crippen molar-refractivity contribution >= 4 is 17.5 Å². The molecule has 0 unspecified atom stereocenters. The van der Waals surface area contributed by atoms with E-state index in [4.69, 9.17) is 15.7 Å². The number of nitrogen functional groups attached to an aromatic ring is 1. The fourth-order valence-corrected chi connectivity index (χ4v) is 2.20. The Balaban J connectivity index is 2.10. The quantitative estimate of drug-likeness (QED) is 0.716. The fraction of sp³-hybridized carbons (Fsp3) is 0.222. The molecule has 0 aliphatic carbocycles. The van der Waals surface area contributed by atoms with Gasteiger partial charge in [0, 0.05) is 19.2 Å². The van der Waals surface area contributed by atoms with Crippen molar-refractivity contribution in [3.05, 3.63) is 52.7 Å². The van der Waals surface area contributed by atoms with Crippen LogP contribution in [0, 0.1) is 11.3 Å². The average Bonchev–Trinajstić information content (AvgIpc) is 2.66. The summed E-state index contributed by atoms with van der Waals surface area (Å²) in [6.07, 6.45) is 0. The lowest BCUT2D eigenvalue weighted by Crippen LogP contribution is -2.24. The molecule has 2 amide bonds. The van der Waals surface area contributed by atoms with Gasteiger partial charge in [-0.15, -0.1) is 0 Å². The van der Waals surface area contributed by atoms with Gasteiger partial charge in [-0.05, 0) is 30.7 Å². The number of carbonyl (C=O) groups excluding carboxylic acids is 2. The maximum Gasteiger partial charge on any atom is 0.270 e. The van der Waals surface area contributed by atoms with Crippen LogP contribution in [0.4, 0.5) is 5.69 Å². The third-order valence-electron chi connectivity index (χ3n) is 3.54. The number of hydrogen-bond donors (Lipinski definition) is 3. The van der Waals surface area contributed by atoms with Gasteiger partial charge in [-0.3, -0.25) is 9.59 Å². The first-order chi connectivity index (χ1) is 12.5. The molecule has 26 heavy (non-hydrogen) atoms. The first-order valence-corrected chi connectivity index (χ1v) is 7.92. The van der Waals surface area contributed by atoms with Crippen LogP contribution in [-0.4, -0.2) is 30.5 Å². The monoisotopic (exact) mass is 353 g/mol. The molecule has 0 saturated carbocycles. The van der Waals surface area contributed by atoms with Gasteiger partial charge in [0.2, 0.25) is 5.88 Å². The van der Waals surface area contributed by atoms with E-state index in [0.29, 0.717) is 12.2 Å². The van der Waals surface area contributed by atoms with Gasteiger partial charge < -0.3 is 21.1 Å². The summed E-state index contributed by atoms with van der Waals surface area (Å²) in [7, 11) is 1.56. The molecule has 0 atom stereocenters. The van der Waals surface area contributed by atoms with Gasteiger partial charge in [-0.1, -0.05) is 12.1 Å². The van der Waals surface area contributed by atoms with Crippen molar-refractivity contribution in [2.24, 2.45) is 0 Å². The first-order valence-electron chi connectivity index (χ1n) is 7.92. The van der Waals surface area contributed by atoms with Gasteiger partial charge in [0.05, 0.1) is 12.3 Å². The second-order valence-electron chi connectivity index (χ2n) is 5.28. The number of nitrogens with zero attached hydrogens (tertiary/aromatic N) is 2. The van der Waals surface area contributed by atoms with E-state index in [1.807, 2.05) is 6.07 Å². The molecule has 1 aromatic carbocycles. The third kappa shape index (κ3) is 4.27. The Kier molecular flexibility index (Phi) is 6.11. The largest absolute Gasteiger partial charge is 0.477 e. The maximum absolute atomic E-state index is 12.3. The van der Waals surface area contributed by atoms with Crippen LogP contribution in [0.15, 0.2) is 30.3 Å². The standard InChI is InChI=1S/C18H19N5O3/c1-3-26-18-13(9-19)14(20)8-15(23-18)17(25)22-10-11-4-6-12(7-5-11)16(24)21-2/h4-8H,3,10H2,1-2H3,(H2,20,23)(H,21,24)(H,22,25). The fourth-order valence-electron chi connectivity index (χ4n) is 2.20. The SMILES string of the molecule is CCOc1nc(C(=O)NCc2ccc(C(=O)NC)cc2)cc(N)c1C#N. The predicted octanol–water partition coefficient (Wildman–Crippen LogP) is 1.22. The maximum atomic E-state index is 12.3. The lowest BCUT2D eigenvalue weighted by atomic mass is 10.1. The van der Waals surface area contributed by atoms with Crippen LogP contribution in [0.2, 0.25) is 0 Å². The van der Waals surface area contributed by atoms with Crippen LogP contribution < -0.4 is 21.1 Å². The molecule has 1 aromatic heterocycles. The molecule has 0 aliphatic heterocycles. The smallest absolute Gasteiger partial charge is 0.270 e. The van der Waals surface area contributed by atoms with Gasteiger partial charge in [-0.25, -0.2) is 4.98 Å². The second kappa shape index (κ2) is 8.48. The van der Waals surface area contributed by atoms with Gasteiger partial charge >= 0.3 is 0 Å².